The minimum Gasteiger partial charge on any atom is -0.379 e. The summed E-state index contributed by atoms with van der Waals surface area (Å²) in [5.41, 5.74) is 3.45. The maximum Gasteiger partial charge on any atom is 0.187 e. The normalized spacial score (nSPS) is 25.8. The highest BCUT2D eigenvalue weighted by atomic mass is 32.1. The van der Waals surface area contributed by atoms with Crippen molar-refractivity contribution in [3.8, 4) is 0 Å². The SMILES string of the molecule is S=C1N(CN2CCOCC2)CCN1NCN1CCOCC1. The summed E-state index contributed by atoms with van der Waals surface area (Å²) >= 11 is 5.59. The van der Waals surface area contributed by atoms with Crippen molar-refractivity contribution in [3.63, 3.8) is 0 Å². The van der Waals surface area contributed by atoms with Crippen LogP contribution in [0.4, 0.5) is 0 Å². The van der Waals surface area contributed by atoms with E-state index in [1.807, 2.05) is 0 Å². The molecule has 3 heterocycles. The molecule has 0 bridgehead atoms. The third-order valence-corrected chi connectivity index (χ3v) is 4.64. The zero-order valence-corrected chi connectivity index (χ0v) is 13.3. The lowest BCUT2D eigenvalue weighted by Crippen LogP contribution is -2.50. The highest BCUT2D eigenvalue weighted by molar-refractivity contribution is 7.80. The Morgan fingerprint density at radius 3 is 2.14 bits per heavy atom. The number of nitrogens with one attached hydrogen (secondary N) is 1. The Morgan fingerprint density at radius 2 is 1.48 bits per heavy atom. The number of thiocarbonyl (C=S) groups is 1. The molecule has 120 valence electrons. The standard InChI is InChI=1S/C13H25N5O2S/c21-13-17(12-16-5-9-20-10-6-16)1-2-18(13)14-11-15-3-7-19-8-4-15/h14H,1-12H2. The average molecular weight is 315 g/mol. The first-order valence-electron chi connectivity index (χ1n) is 7.73. The van der Waals surface area contributed by atoms with Crippen LogP contribution in [0.15, 0.2) is 0 Å². The summed E-state index contributed by atoms with van der Waals surface area (Å²) in [6.07, 6.45) is 0. The Kier molecular flexibility index (Phi) is 5.61. The van der Waals surface area contributed by atoms with Crippen molar-refractivity contribution in [1.29, 1.82) is 0 Å². The van der Waals surface area contributed by atoms with E-state index in [9.17, 15) is 0 Å². The van der Waals surface area contributed by atoms with Gasteiger partial charge in [-0.1, -0.05) is 0 Å². The Hall–Kier alpha value is -0.510. The molecule has 3 rings (SSSR count). The smallest absolute Gasteiger partial charge is 0.187 e. The predicted octanol–water partition coefficient (Wildman–Crippen LogP) is -1.03. The number of hydrazine groups is 1. The van der Waals surface area contributed by atoms with Gasteiger partial charge in [0.15, 0.2) is 5.11 Å². The van der Waals surface area contributed by atoms with Crippen LogP contribution >= 0.6 is 12.2 Å². The van der Waals surface area contributed by atoms with Crippen LogP contribution in [-0.4, -0.2) is 104 Å². The first kappa shape index (κ1) is 15.4. The van der Waals surface area contributed by atoms with Gasteiger partial charge in [-0.3, -0.25) is 14.8 Å². The van der Waals surface area contributed by atoms with Crippen molar-refractivity contribution in [2.24, 2.45) is 0 Å². The van der Waals surface area contributed by atoms with Gasteiger partial charge in [-0.2, -0.15) is 0 Å². The molecule has 8 heteroatoms. The van der Waals surface area contributed by atoms with Crippen LogP contribution in [0.3, 0.4) is 0 Å². The van der Waals surface area contributed by atoms with Gasteiger partial charge in [0.1, 0.15) is 0 Å². The molecule has 0 unspecified atom stereocenters. The molecule has 3 saturated heterocycles. The van der Waals surface area contributed by atoms with E-state index in [1.165, 1.54) is 0 Å². The molecule has 0 radical (unpaired) electrons. The molecule has 0 aromatic heterocycles. The zero-order valence-electron chi connectivity index (χ0n) is 12.5. The molecule has 0 aliphatic carbocycles. The third kappa shape index (κ3) is 4.24. The molecular weight excluding hydrogens is 290 g/mol. The van der Waals surface area contributed by atoms with Crippen LogP contribution < -0.4 is 5.43 Å². The fraction of sp³-hybridized carbons (Fsp3) is 0.923. The Labute approximate surface area is 131 Å². The van der Waals surface area contributed by atoms with Crippen LogP contribution in [0.5, 0.6) is 0 Å². The van der Waals surface area contributed by atoms with Crippen molar-refractivity contribution >= 4 is 17.3 Å². The van der Waals surface area contributed by atoms with Crippen LogP contribution in [0, 0.1) is 0 Å². The molecule has 21 heavy (non-hydrogen) atoms. The summed E-state index contributed by atoms with van der Waals surface area (Å²) in [5, 5.41) is 3.01. The second kappa shape index (κ2) is 7.66. The van der Waals surface area contributed by atoms with Gasteiger partial charge in [0.25, 0.3) is 0 Å². The van der Waals surface area contributed by atoms with E-state index in [0.717, 1.165) is 84.1 Å². The van der Waals surface area contributed by atoms with Crippen molar-refractivity contribution in [3.05, 3.63) is 0 Å². The van der Waals surface area contributed by atoms with Gasteiger partial charge in [0, 0.05) is 32.7 Å². The summed E-state index contributed by atoms with van der Waals surface area (Å²) in [5.74, 6) is 0. The van der Waals surface area contributed by atoms with Crippen molar-refractivity contribution in [1.82, 2.24) is 25.1 Å². The molecule has 3 aliphatic rings. The highest BCUT2D eigenvalue weighted by Crippen LogP contribution is 2.09. The average Bonchev–Trinajstić information content (AvgIpc) is 2.88. The lowest BCUT2D eigenvalue weighted by Gasteiger charge is -2.32. The minimum atomic E-state index is 0.829. The predicted molar refractivity (Wildman–Crippen MR) is 83.7 cm³/mol. The van der Waals surface area contributed by atoms with Gasteiger partial charge < -0.3 is 14.4 Å². The minimum absolute atomic E-state index is 0.829. The second-order valence-corrected chi connectivity index (χ2v) is 5.98. The number of hydrogen-bond acceptors (Lipinski definition) is 6. The van der Waals surface area contributed by atoms with E-state index in [0.29, 0.717) is 0 Å². The molecule has 0 amide bonds. The zero-order chi connectivity index (χ0) is 14.5. The van der Waals surface area contributed by atoms with Gasteiger partial charge in [-0.15, -0.1) is 0 Å². The molecule has 0 saturated carbocycles. The molecule has 0 spiro atoms. The highest BCUT2D eigenvalue weighted by Gasteiger charge is 2.27. The van der Waals surface area contributed by atoms with E-state index in [1.54, 1.807) is 0 Å². The maximum absolute atomic E-state index is 5.59. The van der Waals surface area contributed by atoms with Gasteiger partial charge >= 0.3 is 0 Å². The molecule has 1 N–H and O–H groups in total. The van der Waals surface area contributed by atoms with Crippen molar-refractivity contribution in [2.75, 3.05) is 79.0 Å². The number of rotatable bonds is 5. The summed E-state index contributed by atoms with van der Waals surface area (Å²) in [4.78, 5) is 7.03. The van der Waals surface area contributed by atoms with Crippen LogP contribution in [0.25, 0.3) is 0 Å². The summed E-state index contributed by atoms with van der Waals surface area (Å²) in [6, 6.07) is 0. The molecule has 3 aliphatic heterocycles. The number of hydrogen-bond donors (Lipinski definition) is 1. The molecule has 3 fully saturated rings. The molecule has 0 aromatic rings. The van der Waals surface area contributed by atoms with Crippen molar-refractivity contribution in [2.45, 2.75) is 0 Å². The topological polar surface area (TPSA) is 43.5 Å². The van der Waals surface area contributed by atoms with E-state index in [4.69, 9.17) is 21.7 Å². The van der Waals surface area contributed by atoms with Crippen LogP contribution in [0.2, 0.25) is 0 Å². The number of morpholine rings is 2. The van der Waals surface area contributed by atoms with E-state index in [2.05, 4.69) is 25.1 Å². The first-order valence-corrected chi connectivity index (χ1v) is 8.14. The monoisotopic (exact) mass is 315 g/mol. The fourth-order valence-electron chi connectivity index (χ4n) is 2.79. The quantitative estimate of drug-likeness (QED) is 0.647. The summed E-state index contributed by atoms with van der Waals surface area (Å²) in [7, 11) is 0. The third-order valence-electron chi connectivity index (χ3n) is 4.16. The molecule has 7 nitrogen and oxygen atoms in total. The van der Waals surface area contributed by atoms with Crippen molar-refractivity contribution < 1.29 is 9.47 Å². The van der Waals surface area contributed by atoms with Gasteiger partial charge in [-0.25, -0.2) is 5.43 Å². The summed E-state index contributed by atoms with van der Waals surface area (Å²) < 4.78 is 10.7. The molecule has 0 aromatic carbocycles. The first-order chi connectivity index (χ1) is 10.3. The summed E-state index contributed by atoms with van der Waals surface area (Å²) in [6.45, 7) is 11.0. The lowest BCUT2D eigenvalue weighted by molar-refractivity contribution is 0.0226. The van der Waals surface area contributed by atoms with Crippen LogP contribution in [-0.2, 0) is 9.47 Å². The Morgan fingerprint density at radius 1 is 0.857 bits per heavy atom. The number of ether oxygens (including phenoxy) is 2. The van der Waals surface area contributed by atoms with Gasteiger partial charge in [-0.05, 0) is 12.2 Å². The van der Waals surface area contributed by atoms with Gasteiger partial charge in [0.2, 0.25) is 0 Å². The second-order valence-electron chi connectivity index (χ2n) is 5.62. The fourth-order valence-corrected chi connectivity index (χ4v) is 3.09. The largest absolute Gasteiger partial charge is 0.379 e. The molecule has 0 atom stereocenters. The van der Waals surface area contributed by atoms with E-state index >= 15 is 0 Å². The van der Waals surface area contributed by atoms with E-state index in [-0.39, 0.29) is 0 Å². The molecular formula is C13H25N5O2S. The van der Waals surface area contributed by atoms with E-state index < -0.39 is 0 Å². The van der Waals surface area contributed by atoms with Gasteiger partial charge in [0.05, 0.1) is 46.3 Å². The lowest BCUT2D eigenvalue weighted by atomic mass is 10.4. The Bertz CT molecular complexity index is 347. The maximum atomic E-state index is 5.59. The van der Waals surface area contributed by atoms with Crippen LogP contribution in [0.1, 0.15) is 0 Å². The number of nitrogens with zero attached hydrogens (tertiary/aromatic N) is 4. The Balaban J connectivity index is 1.40.